The van der Waals surface area contributed by atoms with Gasteiger partial charge in [0, 0.05) is 19.0 Å². The number of carbonyl (C=O) groups is 1. The molecule has 0 aliphatic carbocycles. The van der Waals surface area contributed by atoms with Gasteiger partial charge >= 0.3 is 0 Å². The summed E-state index contributed by atoms with van der Waals surface area (Å²) < 4.78 is 6.26. The number of nitrogens with zero attached hydrogens (tertiary/aromatic N) is 1. The lowest BCUT2D eigenvalue weighted by atomic mass is 9.84. The van der Waals surface area contributed by atoms with Gasteiger partial charge in [-0.3, -0.25) is 4.79 Å². The van der Waals surface area contributed by atoms with Gasteiger partial charge in [0.05, 0.1) is 22.3 Å². The molecule has 1 N–H and O–H groups in total. The number of aliphatic hydroxyl groups is 1. The lowest BCUT2D eigenvalue weighted by molar-refractivity contribution is -0.123. The van der Waals surface area contributed by atoms with Gasteiger partial charge in [-0.25, -0.2) is 0 Å². The Kier molecular flexibility index (Phi) is 9.28. The molecule has 0 aromatic heterocycles. The quantitative estimate of drug-likeness (QED) is 0.349. The van der Waals surface area contributed by atoms with Gasteiger partial charge in [-0.2, -0.15) is 0 Å². The Balaban J connectivity index is 1.67. The first-order chi connectivity index (χ1) is 16.3. The lowest BCUT2D eigenvalue weighted by Gasteiger charge is -2.39. The van der Waals surface area contributed by atoms with Crippen molar-refractivity contribution in [3.8, 4) is 0 Å². The van der Waals surface area contributed by atoms with Crippen LogP contribution in [0.25, 0.3) is 0 Å². The molecule has 0 spiro atoms. The maximum Gasteiger partial charge on any atom is 0.192 e. The first-order valence-corrected chi connectivity index (χ1v) is 16.1. The molecule has 0 amide bonds. The molecule has 0 saturated carbocycles. The fourth-order valence-electron chi connectivity index (χ4n) is 4.31. The van der Waals surface area contributed by atoms with E-state index in [4.69, 9.17) is 27.6 Å². The highest BCUT2D eigenvalue weighted by Gasteiger charge is 2.38. The average Bonchev–Trinajstić information content (AvgIpc) is 2.81. The molecule has 2 aromatic rings. The number of likely N-dealkylation sites (tertiary alicyclic amines) is 1. The van der Waals surface area contributed by atoms with E-state index in [0.717, 1.165) is 30.8 Å². The van der Waals surface area contributed by atoms with Crippen molar-refractivity contribution in [2.24, 2.45) is 0 Å². The molecule has 1 aliphatic heterocycles. The largest absolute Gasteiger partial charge is 0.410 e. The first-order valence-electron chi connectivity index (χ1n) is 12.4. The molecule has 2 aromatic carbocycles. The monoisotopic (exact) mass is 535 g/mol. The van der Waals surface area contributed by atoms with Crippen molar-refractivity contribution in [2.45, 2.75) is 69.7 Å². The van der Waals surface area contributed by atoms with Crippen molar-refractivity contribution in [2.75, 3.05) is 26.2 Å². The summed E-state index contributed by atoms with van der Waals surface area (Å²) in [5.41, 5.74) is 1.07. The zero-order chi connectivity index (χ0) is 25.9. The van der Waals surface area contributed by atoms with E-state index in [1.165, 1.54) is 0 Å². The molecule has 1 atom stereocenters. The Morgan fingerprint density at radius 3 is 2.29 bits per heavy atom. The van der Waals surface area contributed by atoms with Gasteiger partial charge < -0.3 is 14.4 Å². The minimum Gasteiger partial charge on any atom is -0.410 e. The van der Waals surface area contributed by atoms with Crippen LogP contribution >= 0.6 is 23.2 Å². The van der Waals surface area contributed by atoms with Gasteiger partial charge in [0.15, 0.2) is 14.1 Å². The molecule has 192 valence electrons. The minimum atomic E-state index is -2.04. The van der Waals surface area contributed by atoms with Gasteiger partial charge in [0.2, 0.25) is 0 Å². The van der Waals surface area contributed by atoms with Crippen molar-refractivity contribution >= 4 is 37.3 Å². The number of piperidine rings is 1. The van der Waals surface area contributed by atoms with E-state index < -0.39 is 13.9 Å². The van der Waals surface area contributed by atoms with Crippen LogP contribution in [0.4, 0.5) is 0 Å². The van der Waals surface area contributed by atoms with Crippen LogP contribution in [0.5, 0.6) is 0 Å². The van der Waals surface area contributed by atoms with Crippen molar-refractivity contribution < 1.29 is 14.3 Å². The molecule has 0 radical (unpaired) electrons. The topological polar surface area (TPSA) is 49.8 Å². The number of hydrogen-bond acceptors (Lipinski definition) is 4. The summed E-state index contributed by atoms with van der Waals surface area (Å²) in [6, 6.07) is 15.4. The zero-order valence-electron chi connectivity index (χ0n) is 21.6. The average molecular weight is 537 g/mol. The number of halogens is 2. The standard InChI is InChI=1S/C28H39Cl2NO3Si/c1-27(2,3)35(4,5)34-20-26(32)23(21-11-12-24(29)25(30)19-21)13-16-31-17-14-28(33,15-18-31)22-9-7-6-8-10-22/h6-12,19,23,33H,13-18,20H2,1-5H3. The van der Waals surface area contributed by atoms with Crippen LogP contribution in [-0.4, -0.2) is 50.3 Å². The highest BCUT2D eigenvalue weighted by molar-refractivity contribution is 6.74. The molecular formula is C28H39Cl2NO3Si. The smallest absolute Gasteiger partial charge is 0.192 e. The number of hydrogen-bond donors (Lipinski definition) is 1. The molecule has 1 aliphatic rings. The van der Waals surface area contributed by atoms with Gasteiger partial charge in [-0.1, -0.05) is 80.4 Å². The Morgan fingerprint density at radius 2 is 1.71 bits per heavy atom. The second-order valence-corrected chi connectivity index (χ2v) is 16.9. The second kappa shape index (κ2) is 11.5. The van der Waals surface area contributed by atoms with Gasteiger partial charge in [-0.15, -0.1) is 0 Å². The molecule has 1 fully saturated rings. The van der Waals surface area contributed by atoms with Crippen LogP contribution in [0, 0.1) is 0 Å². The lowest BCUT2D eigenvalue weighted by Crippen LogP contribution is -2.44. The van der Waals surface area contributed by atoms with Gasteiger partial charge in [-0.05, 0) is 67.2 Å². The van der Waals surface area contributed by atoms with Crippen LogP contribution in [-0.2, 0) is 14.8 Å². The predicted octanol–water partition coefficient (Wildman–Crippen LogP) is 7.04. The molecule has 4 nitrogen and oxygen atoms in total. The Morgan fingerprint density at radius 1 is 1.09 bits per heavy atom. The zero-order valence-corrected chi connectivity index (χ0v) is 24.1. The molecule has 0 bridgehead atoms. The van der Waals surface area contributed by atoms with E-state index in [1.807, 2.05) is 42.5 Å². The number of carbonyl (C=O) groups excluding carboxylic acids is 1. The third-order valence-corrected chi connectivity index (χ3v) is 13.1. The second-order valence-electron chi connectivity index (χ2n) is 11.3. The van der Waals surface area contributed by atoms with Crippen LogP contribution in [0.1, 0.15) is 57.1 Å². The molecular weight excluding hydrogens is 497 g/mol. The van der Waals surface area contributed by atoms with E-state index >= 15 is 0 Å². The van der Waals surface area contributed by atoms with Crippen molar-refractivity contribution in [3.05, 3.63) is 69.7 Å². The fraction of sp³-hybridized carbons (Fsp3) is 0.536. The number of benzene rings is 2. The fourth-order valence-corrected chi connectivity index (χ4v) is 5.55. The number of rotatable bonds is 9. The third kappa shape index (κ3) is 7.18. The summed E-state index contributed by atoms with van der Waals surface area (Å²) >= 11 is 12.4. The van der Waals surface area contributed by atoms with Crippen LogP contribution in [0.2, 0.25) is 28.2 Å². The minimum absolute atomic E-state index is 0.0374. The highest BCUT2D eigenvalue weighted by Crippen LogP contribution is 2.37. The summed E-state index contributed by atoms with van der Waals surface area (Å²) in [6.45, 7) is 13.3. The summed E-state index contributed by atoms with van der Waals surface area (Å²) in [5, 5.41) is 12.1. The summed E-state index contributed by atoms with van der Waals surface area (Å²) in [5.74, 6) is -0.240. The van der Waals surface area contributed by atoms with E-state index in [0.29, 0.717) is 29.3 Å². The summed E-state index contributed by atoms with van der Waals surface area (Å²) in [4.78, 5) is 15.8. The Bertz CT molecular complexity index is 999. The van der Waals surface area contributed by atoms with Gasteiger partial charge in [0.25, 0.3) is 0 Å². The first kappa shape index (κ1) is 28.4. The molecule has 35 heavy (non-hydrogen) atoms. The number of ketones is 1. The molecule has 3 rings (SSSR count). The van der Waals surface area contributed by atoms with Gasteiger partial charge in [0.1, 0.15) is 0 Å². The van der Waals surface area contributed by atoms with E-state index in [1.54, 1.807) is 6.07 Å². The molecule has 1 saturated heterocycles. The third-order valence-electron chi connectivity index (χ3n) is 7.84. The molecule has 1 unspecified atom stereocenters. The maximum absolute atomic E-state index is 13.4. The Labute approximate surface area is 221 Å². The van der Waals surface area contributed by atoms with Crippen molar-refractivity contribution in [3.63, 3.8) is 0 Å². The predicted molar refractivity (Wildman–Crippen MR) is 148 cm³/mol. The van der Waals surface area contributed by atoms with Crippen LogP contribution in [0.15, 0.2) is 48.5 Å². The number of Topliss-reactive ketones (excluding diaryl/α,β-unsaturated/α-hetero) is 1. The normalized spacial score (nSPS) is 17.8. The molecule has 7 heteroatoms. The maximum atomic E-state index is 13.4. The van der Waals surface area contributed by atoms with E-state index in [2.05, 4.69) is 38.8 Å². The summed E-state index contributed by atoms with van der Waals surface area (Å²) in [7, 11) is -2.04. The highest BCUT2D eigenvalue weighted by atomic mass is 35.5. The van der Waals surface area contributed by atoms with E-state index in [9.17, 15) is 9.90 Å². The summed E-state index contributed by atoms with van der Waals surface area (Å²) in [6.07, 6.45) is 2.02. The van der Waals surface area contributed by atoms with Crippen molar-refractivity contribution in [1.82, 2.24) is 4.90 Å². The molecule has 1 heterocycles. The van der Waals surface area contributed by atoms with Crippen LogP contribution in [0.3, 0.4) is 0 Å². The van der Waals surface area contributed by atoms with Crippen molar-refractivity contribution in [1.29, 1.82) is 0 Å². The SMILES string of the molecule is CC(C)(C)[Si](C)(C)OCC(=O)C(CCN1CCC(O)(c2ccccc2)CC1)c1ccc(Cl)c(Cl)c1. The van der Waals surface area contributed by atoms with E-state index in [-0.39, 0.29) is 23.3 Å². The Hall–Kier alpha value is -1.21. The van der Waals surface area contributed by atoms with Crippen LogP contribution < -0.4 is 0 Å².